The number of allylic oxidation sites excluding steroid dienone is 6. The maximum Gasteiger partial charge on any atom is 0.306 e. The molecular weight excluding hydrogens is 949 g/mol. The Bertz CT molecular complexity index is 1290. The smallest absolute Gasteiger partial charge is 0.306 e. The Labute approximate surface area is 480 Å². The molecule has 1 atom stereocenters. The second-order valence-electron chi connectivity index (χ2n) is 23.4. The third kappa shape index (κ3) is 64.3. The van der Waals surface area contributed by atoms with E-state index in [0.717, 1.165) is 77.0 Å². The van der Waals surface area contributed by atoms with Gasteiger partial charge in [-0.3, -0.25) is 14.4 Å². The summed E-state index contributed by atoms with van der Waals surface area (Å²) in [5, 5.41) is 0. The fourth-order valence-electron chi connectivity index (χ4n) is 10.4. The SMILES string of the molecule is CCCC/C=C\C/C=C\CCCCCCCC(=O)OCC(COC(=O)CCCCCCCCCCCCCCCCCCCCCCCCCCCC)OC(=O)CCCCCCCCCCC/C=C\CCCCCCCC. The Hall–Kier alpha value is -2.37. The summed E-state index contributed by atoms with van der Waals surface area (Å²) < 4.78 is 17.0. The molecule has 0 aliphatic rings. The second kappa shape index (κ2) is 66.1. The molecule has 0 fully saturated rings. The van der Waals surface area contributed by atoms with Gasteiger partial charge in [-0.1, -0.05) is 327 Å². The lowest BCUT2D eigenvalue weighted by Gasteiger charge is -2.18. The van der Waals surface area contributed by atoms with Crippen LogP contribution in [0.25, 0.3) is 0 Å². The molecule has 0 heterocycles. The molecule has 0 saturated heterocycles. The van der Waals surface area contributed by atoms with Crippen LogP contribution < -0.4 is 0 Å². The first-order valence-electron chi connectivity index (χ1n) is 34.5. The predicted octanol–water partition coefficient (Wildman–Crippen LogP) is 23.6. The summed E-state index contributed by atoms with van der Waals surface area (Å²) in [6.45, 7) is 6.65. The first kappa shape index (κ1) is 74.6. The quantitative estimate of drug-likeness (QED) is 0.0261. The van der Waals surface area contributed by atoms with E-state index in [1.54, 1.807) is 0 Å². The fourth-order valence-corrected chi connectivity index (χ4v) is 10.4. The predicted molar refractivity (Wildman–Crippen MR) is 335 cm³/mol. The van der Waals surface area contributed by atoms with E-state index < -0.39 is 6.10 Å². The van der Waals surface area contributed by atoms with Crippen LogP contribution in [0.4, 0.5) is 0 Å². The maximum atomic E-state index is 12.9. The monoisotopic (exact) mass is 1080 g/mol. The number of hydrogen-bond donors (Lipinski definition) is 0. The number of unbranched alkanes of at least 4 members (excludes halogenated alkanes) is 47. The highest BCUT2D eigenvalue weighted by Crippen LogP contribution is 2.18. The molecule has 0 saturated carbocycles. The van der Waals surface area contributed by atoms with Gasteiger partial charge >= 0.3 is 17.9 Å². The van der Waals surface area contributed by atoms with E-state index in [9.17, 15) is 14.4 Å². The first-order valence-corrected chi connectivity index (χ1v) is 34.5. The van der Waals surface area contributed by atoms with Crippen molar-refractivity contribution in [2.75, 3.05) is 13.2 Å². The maximum absolute atomic E-state index is 12.9. The van der Waals surface area contributed by atoms with Crippen molar-refractivity contribution in [1.82, 2.24) is 0 Å². The van der Waals surface area contributed by atoms with E-state index >= 15 is 0 Å². The molecule has 0 aromatic heterocycles. The van der Waals surface area contributed by atoms with Gasteiger partial charge in [0, 0.05) is 19.3 Å². The average molecular weight is 1080 g/mol. The molecule has 0 radical (unpaired) electrons. The van der Waals surface area contributed by atoms with Crippen molar-refractivity contribution in [1.29, 1.82) is 0 Å². The van der Waals surface area contributed by atoms with E-state index in [1.807, 2.05) is 0 Å². The van der Waals surface area contributed by atoms with Gasteiger partial charge in [0.25, 0.3) is 0 Å². The number of carbonyl (C=O) groups excluding carboxylic acids is 3. The lowest BCUT2D eigenvalue weighted by molar-refractivity contribution is -0.167. The molecule has 0 spiro atoms. The van der Waals surface area contributed by atoms with Crippen LogP contribution in [-0.4, -0.2) is 37.2 Å². The molecule has 0 aromatic carbocycles. The molecule has 0 aliphatic carbocycles. The molecule has 0 aromatic rings. The molecule has 0 aliphatic heterocycles. The van der Waals surface area contributed by atoms with E-state index in [0.29, 0.717) is 19.3 Å². The molecule has 77 heavy (non-hydrogen) atoms. The standard InChI is InChI=1S/C71H132O6/c1-4-7-10-13-16-19-22-25-28-30-32-33-34-35-36-37-38-40-41-43-46-49-52-55-58-61-64-70(73)76-67-68(66-75-69(72)63-60-57-54-51-48-45-27-24-21-18-15-12-9-6-3)77-71(74)65-62-59-56-53-50-47-44-42-39-31-29-26-23-20-17-14-11-8-5-2/h15,18,24,26-27,29,68H,4-14,16-17,19-23,25,28,30-67H2,1-3H3/b18-15-,27-24-,29-26-. The van der Waals surface area contributed by atoms with Gasteiger partial charge in [0.15, 0.2) is 6.10 Å². The highest BCUT2D eigenvalue weighted by Gasteiger charge is 2.19. The van der Waals surface area contributed by atoms with Crippen molar-refractivity contribution in [2.45, 2.75) is 386 Å². The Morgan fingerprint density at radius 3 is 0.766 bits per heavy atom. The van der Waals surface area contributed by atoms with Crippen LogP contribution in [0.15, 0.2) is 36.5 Å². The van der Waals surface area contributed by atoms with Gasteiger partial charge in [-0.05, 0) is 70.6 Å². The zero-order valence-electron chi connectivity index (χ0n) is 52.0. The zero-order chi connectivity index (χ0) is 55.7. The van der Waals surface area contributed by atoms with Crippen LogP contribution in [-0.2, 0) is 28.6 Å². The summed E-state index contributed by atoms with van der Waals surface area (Å²) in [7, 11) is 0. The molecule has 0 N–H and O–H groups in total. The van der Waals surface area contributed by atoms with Crippen LogP contribution in [0, 0.1) is 0 Å². The minimum Gasteiger partial charge on any atom is -0.462 e. The summed E-state index contributed by atoms with van der Waals surface area (Å²) >= 11 is 0. The Balaban J connectivity index is 4.24. The van der Waals surface area contributed by atoms with Crippen LogP contribution in [0.3, 0.4) is 0 Å². The van der Waals surface area contributed by atoms with E-state index in [1.165, 1.54) is 263 Å². The van der Waals surface area contributed by atoms with Gasteiger partial charge in [-0.25, -0.2) is 0 Å². The van der Waals surface area contributed by atoms with Gasteiger partial charge in [0.2, 0.25) is 0 Å². The van der Waals surface area contributed by atoms with Gasteiger partial charge in [0.05, 0.1) is 0 Å². The molecule has 1 unspecified atom stereocenters. The first-order chi connectivity index (χ1) is 38.0. The minimum absolute atomic E-state index is 0.0730. The van der Waals surface area contributed by atoms with Crippen molar-refractivity contribution in [2.24, 2.45) is 0 Å². The summed E-state index contributed by atoms with van der Waals surface area (Å²) in [5.41, 5.74) is 0. The summed E-state index contributed by atoms with van der Waals surface area (Å²) in [4.78, 5) is 38.4. The van der Waals surface area contributed by atoms with Gasteiger partial charge < -0.3 is 14.2 Å². The summed E-state index contributed by atoms with van der Waals surface area (Å²) in [6, 6.07) is 0. The normalized spacial score (nSPS) is 12.2. The van der Waals surface area contributed by atoms with Crippen molar-refractivity contribution >= 4 is 17.9 Å². The molecule has 452 valence electrons. The number of rotatable bonds is 64. The third-order valence-electron chi connectivity index (χ3n) is 15.6. The topological polar surface area (TPSA) is 78.9 Å². The summed E-state index contributed by atoms with van der Waals surface area (Å²) in [5.74, 6) is -0.863. The Kier molecular flexibility index (Phi) is 64.1. The van der Waals surface area contributed by atoms with Gasteiger partial charge in [0.1, 0.15) is 13.2 Å². The summed E-state index contributed by atoms with van der Waals surface area (Å²) in [6.07, 6.45) is 81.7. The fraction of sp³-hybridized carbons (Fsp3) is 0.873. The lowest BCUT2D eigenvalue weighted by atomic mass is 10.0. The highest BCUT2D eigenvalue weighted by atomic mass is 16.6. The van der Waals surface area contributed by atoms with Gasteiger partial charge in [-0.2, -0.15) is 0 Å². The lowest BCUT2D eigenvalue weighted by Crippen LogP contribution is -2.30. The molecule has 0 amide bonds. The van der Waals surface area contributed by atoms with Crippen molar-refractivity contribution < 1.29 is 28.6 Å². The van der Waals surface area contributed by atoms with Crippen molar-refractivity contribution in [3.05, 3.63) is 36.5 Å². The van der Waals surface area contributed by atoms with E-state index in [4.69, 9.17) is 14.2 Å². The van der Waals surface area contributed by atoms with E-state index in [-0.39, 0.29) is 31.1 Å². The number of ether oxygens (including phenoxy) is 3. The van der Waals surface area contributed by atoms with Crippen LogP contribution in [0.1, 0.15) is 380 Å². The molecule has 6 nitrogen and oxygen atoms in total. The second-order valence-corrected chi connectivity index (χ2v) is 23.4. The number of hydrogen-bond acceptors (Lipinski definition) is 6. The molecule has 0 bridgehead atoms. The Morgan fingerprint density at radius 1 is 0.260 bits per heavy atom. The van der Waals surface area contributed by atoms with Crippen LogP contribution in [0.2, 0.25) is 0 Å². The zero-order valence-corrected chi connectivity index (χ0v) is 52.0. The number of esters is 3. The van der Waals surface area contributed by atoms with E-state index in [2.05, 4.69) is 57.2 Å². The Morgan fingerprint density at radius 2 is 0.481 bits per heavy atom. The van der Waals surface area contributed by atoms with Crippen LogP contribution >= 0.6 is 0 Å². The largest absolute Gasteiger partial charge is 0.462 e. The molecule has 0 rings (SSSR count). The minimum atomic E-state index is -0.778. The third-order valence-corrected chi connectivity index (χ3v) is 15.6. The average Bonchev–Trinajstić information content (AvgIpc) is 3.43. The van der Waals surface area contributed by atoms with Crippen molar-refractivity contribution in [3.8, 4) is 0 Å². The van der Waals surface area contributed by atoms with Crippen molar-refractivity contribution in [3.63, 3.8) is 0 Å². The van der Waals surface area contributed by atoms with Gasteiger partial charge in [-0.15, -0.1) is 0 Å². The highest BCUT2D eigenvalue weighted by molar-refractivity contribution is 5.71. The molecular formula is C71H132O6. The van der Waals surface area contributed by atoms with Crippen LogP contribution in [0.5, 0.6) is 0 Å². The number of carbonyl (C=O) groups is 3. The molecule has 6 heteroatoms.